The molecule has 0 bridgehead atoms. The van der Waals surface area contributed by atoms with E-state index in [2.05, 4.69) is 4.90 Å². The van der Waals surface area contributed by atoms with Crippen LogP contribution in [0.1, 0.15) is 58.3 Å². The van der Waals surface area contributed by atoms with E-state index < -0.39 is 17.0 Å². The second-order valence-electron chi connectivity index (χ2n) is 6.58. The molecule has 4 heteroatoms. The second-order valence-corrected chi connectivity index (χ2v) is 6.58. The molecule has 0 spiro atoms. The van der Waals surface area contributed by atoms with Gasteiger partial charge in [-0.05, 0) is 32.2 Å². The number of rotatable bonds is 5. The van der Waals surface area contributed by atoms with Crippen molar-refractivity contribution in [3.05, 3.63) is 0 Å². The molecule has 1 unspecified atom stereocenters. The maximum absolute atomic E-state index is 11.5. The van der Waals surface area contributed by atoms with Crippen LogP contribution in [0.25, 0.3) is 0 Å². The Kier molecular flexibility index (Phi) is 4.51. The Hall–Kier alpha value is -0.610. The first-order chi connectivity index (χ1) is 9.00. The molecule has 2 aliphatic rings. The zero-order chi connectivity index (χ0) is 13.9. The van der Waals surface area contributed by atoms with Gasteiger partial charge < -0.3 is 10.2 Å². The summed E-state index contributed by atoms with van der Waals surface area (Å²) in [5.74, 6) is -0.660. The lowest BCUT2D eigenvalue weighted by atomic mass is 9.82. The highest BCUT2D eigenvalue weighted by molar-refractivity contribution is 5.75. The van der Waals surface area contributed by atoms with Gasteiger partial charge in [0.15, 0.2) is 0 Å². The van der Waals surface area contributed by atoms with Crippen molar-refractivity contribution >= 4 is 5.97 Å². The van der Waals surface area contributed by atoms with Gasteiger partial charge in [0.1, 0.15) is 0 Å². The lowest BCUT2D eigenvalue weighted by Crippen LogP contribution is -2.45. The molecule has 19 heavy (non-hydrogen) atoms. The maximum Gasteiger partial charge on any atom is 0.310 e. The molecule has 1 saturated heterocycles. The Balaban J connectivity index is 1.95. The molecule has 2 fully saturated rings. The van der Waals surface area contributed by atoms with Gasteiger partial charge in [0.05, 0.1) is 11.0 Å². The normalized spacial score (nSPS) is 31.5. The fourth-order valence-corrected chi connectivity index (χ4v) is 3.84. The minimum absolute atomic E-state index is 0.570. The van der Waals surface area contributed by atoms with Crippen molar-refractivity contribution in [2.45, 2.75) is 63.9 Å². The average Bonchev–Trinajstić information content (AvgIpc) is 2.74. The zero-order valence-corrected chi connectivity index (χ0v) is 12.0. The van der Waals surface area contributed by atoms with Gasteiger partial charge in [-0.1, -0.05) is 32.6 Å². The molecule has 0 amide bonds. The molecule has 4 nitrogen and oxygen atoms in total. The van der Waals surface area contributed by atoms with Gasteiger partial charge in [-0.15, -0.1) is 0 Å². The maximum atomic E-state index is 11.5. The SMILES string of the molecule is CCCC1(C(=O)O)CCN(CC2(O)CCCCC2)C1. The third-order valence-corrected chi connectivity index (χ3v) is 4.92. The highest BCUT2D eigenvalue weighted by Crippen LogP contribution is 2.37. The molecule has 1 atom stereocenters. The molecule has 2 rings (SSSR count). The highest BCUT2D eigenvalue weighted by Gasteiger charge is 2.45. The molecule has 110 valence electrons. The summed E-state index contributed by atoms with van der Waals surface area (Å²) in [5, 5.41) is 20.1. The van der Waals surface area contributed by atoms with Gasteiger partial charge in [0.2, 0.25) is 0 Å². The summed E-state index contributed by atoms with van der Waals surface area (Å²) >= 11 is 0. The fourth-order valence-electron chi connectivity index (χ4n) is 3.84. The molecule has 2 N–H and O–H groups in total. The average molecular weight is 269 g/mol. The lowest BCUT2D eigenvalue weighted by molar-refractivity contribution is -0.149. The van der Waals surface area contributed by atoms with Gasteiger partial charge in [0, 0.05) is 13.1 Å². The van der Waals surface area contributed by atoms with Crippen LogP contribution in [0.4, 0.5) is 0 Å². The number of hydrogen-bond acceptors (Lipinski definition) is 3. The van der Waals surface area contributed by atoms with Crippen LogP contribution in [0.2, 0.25) is 0 Å². The molecule has 0 radical (unpaired) electrons. The number of β-amino-alcohol motifs (C(OH)–C–C–N with tert-alkyl or cyclic N) is 1. The second kappa shape index (κ2) is 5.80. The number of carboxylic acid groups (broad SMARTS) is 1. The Morgan fingerprint density at radius 1 is 1.21 bits per heavy atom. The molecule has 0 aromatic rings. The van der Waals surface area contributed by atoms with Crippen molar-refractivity contribution in [2.75, 3.05) is 19.6 Å². The highest BCUT2D eigenvalue weighted by atomic mass is 16.4. The summed E-state index contributed by atoms with van der Waals surface area (Å²) in [4.78, 5) is 13.7. The van der Waals surface area contributed by atoms with Crippen LogP contribution in [-0.2, 0) is 4.79 Å². The van der Waals surface area contributed by atoms with Crippen molar-refractivity contribution in [3.8, 4) is 0 Å². The van der Waals surface area contributed by atoms with Gasteiger partial charge in [0.25, 0.3) is 0 Å². The molecular formula is C15H27NO3. The van der Waals surface area contributed by atoms with Crippen molar-refractivity contribution in [1.29, 1.82) is 0 Å². The minimum atomic E-state index is -0.660. The number of hydrogen-bond donors (Lipinski definition) is 2. The van der Waals surface area contributed by atoms with Gasteiger partial charge >= 0.3 is 5.97 Å². The van der Waals surface area contributed by atoms with Gasteiger partial charge in [-0.3, -0.25) is 9.69 Å². The smallest absolute Gasteiger partial charge is 0.310 e. The Bertz CT molecular complexity index is 325. The fraction of sp³-hybridized carbons (Fsp3) is 0.933. The number of aliphatic carboxylic acids is 1. The first-order valence-electron chi connectivity index (χ1n) is 7.68. The first-order valence-corrected chi connectivity index (χ1v) is 7.68. The van der Waals surface area contributed by atoms with E-state index in [9.17, 15) is 15.0 Å². The predicted molar refractivity (Wildman–Crippen MR) is 74.1 cm³/mol. The van der Waals surface area contributed by atoms with E-state index in [4.69, 9.17) is 0 Å². The monoisotopic (exact) mass is 269 g/mol. The number of carboxylic acids is 1. The van der Waals surface area contributed by atoms with Crippen LogP contribution < -0.4 is 0 Å². The largest absolute Gasteiger partial charge is 0.481 e. The summed E-state index contributed by atoms with van der Waals surface area (Å²) < 4.78 is 0. The number of nitrogens with zero attached hydrogens (tertiary/aromatic N) is 1. The number of carbonyl (C=O) groups is 1. The van der Waals surface area contributed by atoms with E-state index in [0.29, 0.717) is 13.1 Å². The lowest BCUT2D eigenvalue weighted by Gasteiger charge is -2.36. The Morgan fingerprint density at radius 3 is 2.47 bits per heavy atom. The molecular weight excluding hydrogens is 242 g/mol. The van der Waals surface area contributed by atoms with Crippen LogP contribution in [0.3, 0.4) is 0 Å². The van der Waals surface area contributed by atoms with Crippen molar-refractivity contribution in [1.82, 2.24) is 4.90 Å². The van der Waals surface area contributed by atoms with Crippen LogP contribution in [0, 0.1) is 5.41 Å². The third kappa shape index (κ3) is 3.29. The summed E-state index contributed by atoms with van der Waals surface area (Å²) in [7, 11) is 0. The minimum Gasteiger partial charge on any atom is -0.481 e. The Labute approximate surface area is 115 Å². The zero-order valence-electron chi connectivity index (χ0n) is 12.0. The summed E-state index contributed by atoms with van der Waals surface area (Å²) in [6, 6.07) is 0. The van der Waals surface area contributed by atoms with Crippen LogP contribution in [-0.4, -0.2) is 46.3 Å². The van der Waals surface area contributed by atoms with E-state index in [1.807, 2.05) is 6.92 Å². The first kappa shape index (κ1) is 14.8. The van der Waals surface area contributed by atoms with Gasteiger partial charge in [-0.2, -0.15) is 0 Å². The quantitative estimate of drug-likeness (QED) is 0.803. The van der Waals surface area contributed by atoms with E-state index in [0.717, 1.165) is 51.5 Å². The number of likely N-dealkylation sites (tertiary alicyclic amines) is 1. The van der Waals surface area contributed by atoms with Crippen molar-refractivity contribution in [3.63, 3.8) is 0 Å². The van der Waals surface area contributed by atoms with Crippen LogP contribution in [0.15, 0.2) is 0 Å². The summed E-state index contributed by atoms with van der Waals surface area (Å²) in [6.07, 6.45) is 7.55. The van der Waals surface area contributed by atoms with E-state index >= 15 is 0 Å². The van der Waals surface area contributed by atoms with Crippen molar-refractivity contribution in [2.24, 2.45) is 5.41 Å². The topological polar surface area (TPSA) is 60.8 Å². The summed E-state index contributed by atoms with van der Waals surface area (Å²) in [5.41, 5.74) is -1.14. The standard InChI is InChI=1S/C15H27NO3/c1-2-6-14(13(17)18)9-10-16(11-14)12-15(19)7-4-3-5-8-15/h19H,2-12H2,1H3,(H,17,18). The third-order valence-electron chi connectivity index (χ3n) is 4.92. The van der Waals surface area contributed by atoms with Gasteiger partial charge in [-0.25, -0.2) is 0 Å². The molecule has 1 aliphatic carbocycles. The Morgan fingerprint density at radius 2 is 1.89 bits per heavy atom. The molecule has 1 saturated carbocycles. The molecule has 0 aromatic heterocycles. The van der Waals surface area contributed by atoms with E-state index in [1.165, 1.54) is 6.42 Å². The molecule has 0 aromatic carbocycles. The van der Waals surface area contributed by atoms with Crippen molar-refractivity contribution < 1.29 is 15.0 Å². The predicted octanol–water partition coefficient (Wildman–Crippen LogP) is 2.26. The van der Waals surface area contributed by atoms with E-state index in [1.54, 1.807) is 0 Å². The molecule has 1 aliphatic heterocycles. The summed E-state index contributed by atoms with van der Waals surface area (Å²) in [6.45, 7) is 4.13. The van der Waals surface area contributed by atoms with Crippen LogP contribution in [0.5, 0.6) is 0 Å². The van der Waals surface area contributed by atoms with E-state index in [-0.39, 0.29) is 0 Å². The number of aliphatic hydroxyl groups is 1. The molecule has 1 heterocycles. The van der Waals surface area contributed by atoms with Crippen LogP contribution >= 0.6 is 0 Å².